The Bertz CT molecular complexity index is 1140. The molecule has 0 aliphatic rings. The summed E-state index contributed by atoms with van der Waals surface area (Å²) in [6, 6.07) is 13.2. The van der Waals surface area contributed by atoms with Crippen molar-refractivity contribution in [2.75, 3.05) is 5.32 Å². The summed E-state index contributed by atoms with van der Waals surface area (Å²) < 4.78 is 16.7. The van der Waals surface area contributed by atoms with Gasteiger partial charge in [0.1, 0.15) is 0 Å². The molecule has 0 spiro atoms. The van der Waals surface area contributed by atoms with Crippen LogP contribution in [0.4, 0.5) is 5.69 Å². The number of thiophene rings is 1. The van der Waals surface area contributed by atoms with Gasteiger partial charge in [-0.2, -0.15) is 0 Å². The standard InChI is InChI=1S/C19H12BrN3O5S/c20-15-8-7-14(29-15)18-23-22-16(28-18)10-27-19(25)11-3-5-12(6-4-11)21-17(24)13-2-1-9-26-13/h1-9H,10H2,(H,21,24). The molecule has 0 unspecified atom stereocenters. The van der Waals surface area contributed by atoms with Gasteiger partial charge in [-0.1, -0.05) is 0 Å². The van der Waals surface area contributed by atoms with Crippen LogP contribution in [0, 0.1) is 0 Å². The third-order valence-corrected chi connectivity index (χ3v) is 5.31. The van der Waals surface area contributed by atoms with Crippen molar-refractivity contribution in [2.45, 2.75) is 6.61 Å². The van der Waals surface area contributed by atoms with Crippen molar-refractivity contribution in [3.8, 4) is 10.8 Å². The van der Waals surface area contributed by atoms with E-state index in [9.17, 15) is 9.59 Å². The first kappa shape index (κ1) is 19.1. The molecule has 1 N–H and O–H groups in total. The first-order valence-corrected chi connectivity index (χ1v) is 9.89. The van der Waals surface area contributed by atoms with Crippen LogP contribution in [-0.2, 0) is 11.3 Å². The zero-order valence-electron chi connectivity index (χ0n) is 14.6. The Morgan fingerprint density at radius 1 is 1.10 bits per heavy atom. The Morgan fingerprint density at radius 2 is 1.93 bits per heavy atom. The monoisotopic (exact) mass is 473 g/mol. The lowest BCUT2D eigenvalue weighted by molar-refractivity contribution is 0.0438. The van der Waals surface area contributed by atoms with Gasteiger partial charge < -0.3 is 18.9 Å². The van der Waals surface area contributed by atoms with Crippen LogP contribution in [0.25, 0.3) is 10.8 Å². The highest BCUT2D eigenvalue weighted by Gasteiger charge is 2.14. The molecule has 10 heteroatoms. The number of amides is 1. The Labute approximate surface area is 176 Å². The number of halogens is 1. The molecule has 8 nitrogen and oxygen atoms in total. The number of aromatic nitrogens is 2. The molecular formula is C19H12BrN3O5S. The maximum atomic E-state index is 12.2. The SMILES string of the molecule is O=C(OCc1nnc(-c2ccc(Br)s2)o1)c1ccc(NC(=O)c2ccco2)cc1. The third kappa shape index (κ3) is 4.61. The number of ether oxygens (including phenoxy) is 1. The fraction of sp³-hybridized carbons (Fsp3) is 0.0526. The predicted molar refractivity (Wildman–Crippen MR) is 108 cm³/mol. The molecule has 0 aliphatic carbocycles. The van der Waals surface area contributed by atoms with E-state index < -0.39 is 5.97 Å². The highest BCUT2D eigenvalue weighted by atomic mass is 79.9. The Balaban J connectivity index is 1.33. The number of anilines is 1. The number of rotatable bonds is 6. The third-order valence-electron chi connectivity index (χ3n) is 3.70. The number of nitrogens with zero attached hydrogens (tertiary/aromatic N) is 2. The predicted octanol–water partition coefficient (Wildman–Crippen LogP) is 4.76. The van der Waals surface area contributed by atoms with E-state index in [0.717, 1.165) is 8.66 Å². The van der Waals surface area contributed by atoms with Gasteiger partial charge in [-0.3, -0.25) is 4.79 Å². The van der Waals surface area contributed by atoms with Crippen LogP contribution >= 0.6 is 27.3 Å². The second kappa shape index (κ2) is 8.41. The molecule has 3 aromatic heterocycles. The van der Waals surface area contributed by atoms with Crippen molar-refractivity contribution in [1.82, 2.24) is 10.2 Å². The number of carbonyl (C=O) groups excluding carboxylic acids is 2. The van der Waals surface area contributed by atoms with Gasteiger partial charge in [0.05, 0.1) is 20.5 Å². The van der Waals surface area contributed by atoms with Gasteiger partial charge in [0.2, 0.25) is 0 Å². The largest absolute Gasteiger partial charge is 0.459 e. The summed E-state index contributed by atoms with van der Waals surface area (Å²) in [6.45, 7) is -0.143. The van der Waals surface area contributed by atoms with Gasteiger partial charge in [0, 0.05) is 5.69 Å². The molecule has 0 fully saturated rings. The van der Waals surface area contributed by atoms with Gasteiger partial charge in [-0.25, -0.2) is 4.79 Å². The molecule has 4 rings (SSSR count). The lowest BCUT2D eigenvalue weighted by Crippen LogP contribution is -2.11. The second-order valence-electron chi connectivity index (χ2n) is 5.69. The fourth-order valence-electron chi connectivity index (χ4n) is 2.34. The minimum absolute atomic E-state index is 0.143. The van der Waals surface area contributed by atoms with Crippen LogP contribution in [0.3, 0.4) is 0 Å². The number of benzene rings is 1. The Hall–Kier alpha value is -3.24. The van der Waals surface area contributed by atoms with Crippen LogP contribution in [0.5, 0.6) is 0 Å². The summed E-state index contributed by atoms with van der Waals surface area (Å²) in [7, 11) is 0. The summed E-state index contributed by atoms with van der Waals surface area (Å²) in [6.07, 6.45) is 1.42. The highest BCUT2D eigenvalue weighted by Crippen LogP contribution is 2.30. The first-order valence-electron chi connectivity index (χ1n) is 8.28. The second-order valence-corrected chi connectivity index (χ2v) is 8.15. The van der Waals surface area contributed by atoms with Crippen molar-refractivity contribution in [3.05, 3.63) is 75.8 Å². The lowest BCUT2D eigenvalue weighted by Gasteiger charge is -2.05. The Morgan fingerprint density at radius 3 is 2.62 bits per heavy atom. The summed E-state index contributed by atoms with van der Waals surface area (Å²) in [5.74, 6) is -0.172. The van der Waals surface area contributed by atoms with Crippen LogP contribution in [0.1, 0.15) is 26.8 Å². The van der Waals surface area contributed by atoms with Gasteiger partial charge in [0.15, 0.2) is 12.4 Å². The number of nitrogens with one attached hydrogen (secondary N) is 1. The van der Waals surface area contributed by atoms with E-state index in [1.807, 2.05) is 12.1 Å². The zero-order chi connectivity index (χ0) is 20.2. The highest BCUT2D eigenvalue weighted by molar-refractivity contribution is 9.11. The zero-order valence-corrected chi connectivity index (χ0v) is 17.0. The fourth-order valence-corrected chi connectivity index (χ4v) is 3.65. The normalized spacial score (nSPS) is 10.7. The molecule has 1 amide bonds. The van der Waals surface area contributed by atoms with Crippen molar-refractivity contribution in [1.29, 1.82) is 0 Å². The lowest BCUT2D eigenvalue weighted by atomic mass is 10.2. The van der Waals surface area contributed by atoms with Crippen molar-refractivity contribution in [3.63, 3.8) is 0 Å². The van der Waals surface area contributed by atoms with Crippen molar-refractivity contribution in [2.24, 2.45) is 0 Å². The summed E-state index contributed by atoms with van der Waals surface area (Å²) in [5.41, 5.74) is 0.842. The number of hydrogen-bond donors (Lipinski definition) is 1. The first-order chi connectivity index (χ1) is 14.1. The maximum Gasteiger partial charge on any atom is 0.338 e. The molecular weight excluding hydrogens is 462 g/mol. The van der Waals surface area contributed by atoms with E-state index in [1.54, 1.807) is 36.4 Å². The molecule has 0 aliphatic heterocycles. The van der Waals surface area contributed by atoms with Crippen molar-refractivity contribution >= 4 is 44.8 Å². The minimum Gasteiger partial charge on any atom is -0.459 e. The van der Waals surface area contributed by atoms with E-state index in [-0.39, 0.29) is 24.2 Å². The van der Waals surface area contributed by atoms with E-state index in [0.29, 0.717) is 17.1 Å². The van der Waals surface area contributed by atoms with Gasteiger partial charge >= 0.3 is 5.97 Å². The maximum absolute atomic E-state index is 12.2. The van der Waals surface area contributed by atoms with Crippen molar-refractivity contribution < 1.29 is 23.2 Å². The van der Waals surface area contributed by atoms with E-state index in [2.05, 4.69) is 31.4 Å². The van der Waals surface area contributed by atoms with Crippen LogP contribution in [0.15, 0.2) is 67.4 Å². The number of furan rings is 1. The van der Waals surface area contributed by atoms with Gasteiger partial charge in [0.25, 0.3) is 17.7 Å². The van der Waals surface area contributed by atoms with E-state index in [1.165, 1.54) is 17.6 Å². The van der Waals surface area contributed by atoms with Gasteiger partial charge in [-0.05, 0) is 64.5 Å². The minimum atomic E-state index is -0.549. The Kier molecular flexibility index (Phi) is 5.54. The average molecular weight is 474 g/mol. The molecule has 29 heavy (non-hydrogen) atoms. The van der Waals surface area contributed by atoms with E-state index >= 15 is 0 Å². The molecule has 0 saturated carbocycles. The van der Waals surface area contributed by atoms with E-state index in [4.69, 9.17) is 13.6 Å². The molecule has 146 valence electrons. The summed E-state index contributed by atoms with van der Waals surface area (Å²) >= 11 is 4.83. The topological polar surface area (TPSA) is 107 Å². The summed E-state index contributed by atoms with van der Waals surface area (Å²) in [4.78, 5) is 25.0. The molecule has 1 aromatic carbocycles. The number of hydrogen-bond acceptors (Lipinski definition) is 8. The number of carbonyl (C=O) groups is 2. The molecule has 0 bridgehead atoms. The van der Waals surface area contributed by atoms with Crippen LogP contribution < -0.4 is 5.32 Å². The molecule has 3 heterocycles. The molecule has 0 atom stereocenters. The van der Waals surface area contributed by atoms with Gasteiger partial charge in [-0.15, -0.1) is 21.5 Å². The molecule has 0 radical (unpaired) electrons. The molecule has 0 saturated heterocycles. The number of esters is 1. The average Bonchev–Trinajstić information content (AvgIpc) is 3.48. The smallest absolute Gasteiger partial charge is 0.338 e. The van der Waals surface area contributed by atoms with Crippen LogP contribution in [-0.4, -0.2) is 22.1 Å². The molecule has 4 aromatic rings. The van der Waals surface area contributed by atoms with Crippen LogP contribution in [0.2, 0.25) is 0 Å². The quantitative estimate of drug-likeness (QED) is 0.402. The summed E-state index contributed by atoms with van der Waals surface area (Å²) in [5, 5.41) is 10.5.